The predicted octanol–water partition coefficient (Wildman–Crippen LogP) is 3.87. The highest BCUT2D eigenvalue weighted by Crippen LogP contribution is 2.34. The molecule has 5 rings (SSSR count). The maximum absolute atomic E-state index is 13.1. The van der Waals surface area contributed by atoms with E-state index in [0.717, 1.165) is 38.8 Å². The zero-order valence-corrected chi connectivity index (χ0v) is 16.9. The Bertz CT molecular complexity index is 1530. The highest BCUT2D eigenvalue weighted by Gasteiger charge is 2.15. The van der Waals surface area contributed by atoms with E-state index < -0.39 is 0 Å². The van der Waals surface area contributed by atoms with Crippen molar-refractivity contribution in [3.63, 3.8) is 0 Å². The van der Waals surface area contributed by atoms with Gasteiger partial charge >= 0.3 is 0 Å². The molecule has 0 saturated carbocycles. The van der Waals surface area contributed by atoms with Crippen LogP contribution >= 0.6 is 0 Å². The van der Waals surface area contributed by atoms with Crippen molar-refractivity contribution < 1.29 is 4.79 Å². The van der Waals surface area contributed by atoms with Crippen molar-refractivity contribution in [1.29, 1.82) is 0 Å². The molecule has 0 aliphatic rings. The van der Waals surface area contributed by atoms with Crippen LogP contribution in [0.15, 0.2) is 78.0 Å². The van der Waals surface area contributed by atoms with E-state index in [1.807, 2.05) is 67.7 Å². The van der Waals surface area contributed by atoms with Crippen LogP contribution in [-0.4, -0.2) is 20.4 Å². The average molecular weight is 408 g/mol. The largest absolute Gasteiger partial charge is 0.369 e. The Kier molecular flexibility index (Phi) is 4.40. The van der Waals surface area contributed by atoms with E-state index in [1.165, 1.54) is 0 Å². The number of fused-ring (bicyclic) bond motifs is 2. The summed E-state index contributed by atoms with van der Waals surface area (Å²) in [7, 11) is 0. The Morgan fingerprint density at radius 1 is 1.00 bits per heavy atom. The third-order valence-corrected chi connectivity index (χ3v) is 5.69. The number of para-hydroxylation sites is 1. The molecule has 0 fully saturated rings. The van der Waals surface area contributed by atoms with E-state index in [2.05, 4.69) is 9.97 Å². The van der Waals surface area contributed by atoms with Gasteiger partial charge in [-0.05, 0) is 53.4 Å². The van der Waals surface area contributed by atoms with Gasteiger partial charge in [-0.2, -0.15) is 0 Å². The van der Waals surface area contributed by atoms with Crippen LogP contribution in [0.3, 0.4) is 0 Å². The number of H-pyrrole nitrogens is 1. The lowest BCUT2D eigenvalue weighted by Crippen LogP contribution is -2.19. The zero-order valence-electron chi connectivity index (χ0n) is 16.9. The molecule has 1 amide bonds. The molecule has 2 heterocycles. The fraction of sp³-hybridized carbons (Fsp3) is 0.0800. The van der Waals surface area contributed by atoms with Crippen molar-refractivity contribution >= 4 is 27.7 Å². The highest BCUT2D eigenvalue weighted by atomic mass is 16.1. The number of benzene rings is 3. The molecule has 6 heteroatoms. The monoisotopic (exact) mass is 408 g/mol. The lowest BCUT2D eigenvalue weighted by atomic mass is 9.94. The molecule has 3 aromatic carbocycles. The minimum Gasteiger partial charge on any atom is -0.369 e. The Labute approximate surface area is 178 Å². The summed E-state index contributed by atoms with van der Waals surface area (Å²) in [5.74, 6) is -0.370. The fourth-order valence-corrected chi connectivity index (χ4v) is 4.20. The first kappa shape index (κ1) is 18.8. The van der Waals surface area contributed by atoms with Gasteiger partial charge in [0.15, 0.2) is 0 Å². The van der Waals surface area contributed by atoms with Gasteiger partial charge in [0.25, 0.3) is 5.56 Å². The van der Waals surface area contributed by atoms with Crippen molar-refractivity contribution in [2.24, 2.45) is 5.73 Å². The molecule has 3 N–H and O–H groups in total. The third kappa shape index (κ3) is 3.09. The van der Waals surface area contributed by atoms with E-state index in [9.17, 15) is 9.59 Å². The summed E-state index contributed by atoms with van der Waals surface area (Å²) in [5, 5.41) is 1.58. The van der Waals surface area contributed by atoms with Crippen LogP contribution in [0.5, 0.6) is 0 Å². The van der Waals surface area contributed by atoms with E-state index in [1.54, 1.807) is 17.0 Å². The predicted molar refractivity (Wildman–Crippen MR) is 122 cm³/mol. The molecule has 6 nitrogen and oxygen atoms in total. The molecule has 152 valence electrons. The second kappa shape index (κ2) is 7.25. The number of nitrogens with zero attached hydrogens (tertiary/aromatic N) is 2. The van der Waals surface area contributed by atoms with Gasteiger partial charge in [-0.15, -0.1) is 0 Å². The van der Waals surface area contributed by atoms with Gasteiger partial charge in [0.05, 0.1) is 23.0 Å². The van der Waals surface area contributed by atoms with Gasteiger partial charge in [0.2, 0.25) is 5.91 Å². The molecule has 0 bridgehead atoms. The van der Waals surface area contributed by atoms with Crippen LogP contribution in [0, 0.1) is 6.92 Å². The highest BCUT2D eigenvalue weighted by molar-refractivity contribution is 5.99. The molecule has 0 radical (unpaired) electrons. The number of primary amides is 1. The van der Waals surface area contributed by atoms with Crippen LogP contribution in [0.4, 0.5) is 0 Å². The van der Waals surface area contributed by atoms with Gasteiger partial charge in [0.1, 0.15) is 6.33 Å². The summed E-state index contributed by atoms with van der Waals surface area (Å²) in [4.78, 5) is 32.2. The minimum atomic E-state index is -0.370. The van der Waals surface area contributed by atoms with Gasteiger partial charge in [-0.3, -0.25) is 14.2 Å². The molecule has 31 heavy (non-hydrogen) atoms. The van der Waals surface area contributed by atoms with Crippen molar-refractivity contribution in [2.75, 3.05) is 0 Å². The summed E-state index contributed by atoms with van der Waals surface area (Å²) in [5.41, 5.74) is 11.5. The van der Waals surface area contributed by atoms with Gasteiger partial charge in [-0.25, -0.2) is 4.98 Å². The van der Waals surface area contributed by atoms with Crippen LogP contribution in [0.2, 0.25) is 0 Å². The maximum atomic E-state index is 13.1. The lowest BCUT2D eigenvalue weighted by molar-refractivity contribution is -0.117. The standard InChI is InChI=1S/C25H20N4O2/c1-15-17(18-10-9-16(13-23(26)30)24-19(18)11-12-27-24)6-4-8-22(15)29-14-28-21-7-3-2-5-20(21)25(29)31/h2-12,14,27H,13H2,1H3,(H2,26,30). The van der Waals surface area contributed by atoms with Crippen LogP contribution in [0.25, 0.3) is 38.6 Å². The van der Waals surface area contributed by atoms with Crippen molar-refractivity contribution in [3.8, 4) is 16.8 Å². The number of nitrogens with one attached hydrogen (secondary N) is 1. The van der Waals surface area contributed by atoms with Gasteiger partial charge in [0, 0.05) is 17.1 Å². The van der Waals surface area contributed by atoms with E-state index in [4.69, 9.17) is 5.73 Å². The van der Waals surface area contributed by atoms with Crippen LogP contribution in [-0.2, 0) is 11.2 Å². The number of rotatable bonds is 4. The molecule has 0 aliphatic carbocycles. The van der Waals surface area contributed by atoms with E-state index in [0.29, 0.717) is 10.9 Å². The lowest BCUT2D eigenvalue weighted by Gasteiger charge is -2.15. The fourth-order valence-electron chi connectivity index (χ4n) is 4.20. The summed E-state index contributed by atoms with van der Waals surface area (Å²) in [6.45, 7) is 2.00. The van der Waals surface area contributed by atoms with Crippen molar-refractivity contribution in [2.45, 2.75) is 13.3 Å². The number of amides is 1. The van der Waals surface area contributed by atoms with Crippen LogP contribution < -0.4 is 11.3 Å². The summed E-state index contributed by atoms with van der Waals surface area (Å²) in [6.07, 6.45) is 3.61. The second-order valence-electron chi connectivity index (χ2n) is 7.57. The van der Waals surface area contributed by atoms with Gasteiger partial charge < -0.3 is 10.7 Å². The van der Waals surface area contributed by atoms with Crippen LogP contribution in [0.1, 0.15) is 11.1 Å². The van der Waals surface area contributed by atoms with Gasteiger partial charge in [-0.1, -0.05) is 36.4 Å². The van der Waals surface area contributed by atoms with Crippen molar-refractivity contribution in [3.05, 3.63) is 94.7 Å². The quantitative estimate of drug-likeness (QED) is 0.473. The van der Waals surface area contributed by atoms with E-state index >= 15 is 0 Å². The average Bonchev–Trinajstić information content (AvgIpc) is 3.26. The molecule has 5 aromatic rings. The Morgan fingerprint density at radius 3 is 2.68 bits per heavy atom. The van der Waals surface area contributed by atoms with Crippen molar-refractivity contribution in [1.82, 2.24) is 14.5 Å². The Morgan fingerprint density at radius 2 is 1.84 bits per heavy atom. The molecular formula is C25H20N4O2. The molecule has 0 saturated heterocycles. The first-order valence-corrected chi connectivity index (χ1v) is 9.98. The number of aromatic nitrogens is 3. The minimum absolute atomic E-state index is 0.102. The molecule has 2 aromatic heterocycles. The third-order valence-electron chi connectivity index (χ3n) is 5.69. The molecule has 0 aliphatic heterocycles. The topological polar surface area (TPSA) is 93.8 Å². The number of hydrogen-bond donors (Lipinski definition) is 2. The molecular weight excluding hydrogens is 388 g/mol. The first-order valence-electron chi connectivity index (χ1n) is 9.98. The zero-order chi connectivity index (χ0) is 21.5. The number of carbonyl (C=O) groups excluding carboxylic acids is 1. The summed E-state index contributed by atoms with van der Waals surface area (Å²) in [6, 6.07) is 19.2. The summed E-state index contributed by atoms with van der Waals surface area (Å²) < 4.78 is 1.59. The number of hydrogen-bond acceptors (Lipinski definition) is 3. The number of carbonyl (C=O) groups is 1. The second-order valence-corrected chi connectivity index (χ2v) is 7.57. The molecule has 0 spiro atoms. The first-order chi connectivity index (χ1) is 15.0. The summed E-state index contributed by atoms with van der Waals surface area (Å²) >= 11 is 0. The maximum Gasteiger partial charge on any atom is 0.265 e. The Hall–Kier alpha value is -4.19. The number of nitrogens with two attached hydrogens (primary N) is 1. The SMILES string of the molecule is Cc1c(-c2ccc(CC(N)=O)c3[nH]ccc23)cccc1-n1cnc2ccccc2c1=O. The number of aromatic amines is 1. The smallest absolute Gasteiger partial charge is 0.265 e. The molecule has 0 atom stereocenters. The molecule has 0 unspecified atom stereocenters. The normalized spacial score (nSPS) is 11.3. The van der Waals surface area contributed by atoms with E-state index in [-0.39, 0.29) is 17.9 Å². The Balaban J connectivity index is 1.70.